The van der Waals surface area contributed by atoms with Crippen molar-refractivity contribution in [1.29, 1.82) is 0 Å². The number of rotatable bonds is 6. The number of aromatic nitrogens is 2. The summed E-state index contributed by atoms with van der Waals surface area (Å²) >= 11 is 1.63. The average Bonchev–Trinajstić information content (AvgIpc) is 3.32. The van der Waals surface area contributed by atoms with Crippen molar-refractivity contribution in [2.24, 2.45) is 0 Å². The van der Waals surface area contributed by atoms with Gasteiger partial charge in [-0.05, 0) is 31.0 Å². The first-order valence-corrected chi connectivity index (χ1v) is 10.9. The van der Waals surface area contributed by atoms with Crippen molar-refractivity contribution in [1.82, 2.24) is 14.5 Å². The molecule has 2 aromatic carbocycles. The number of thiazole rings is 1. The fourth-order valence-electron chi connectivity index (χ4n) is 3.66. The first-order valence-electron chi connectivity index (χ1n) is 9.99. The van der Waals surface area contributed by atoms with Gasteiger partial charge in [-0.2, -0.15) is 0 Å². The summed E-state index contributed by atoms with van der Waals surface area (Å²) in [4.78, 5) is 19.8. The molecule has 2 heterocycles. The summed E-state index contributed by atoms with van der Waals surface area (Å²) in [6.45, 7) is 5.31. The van der Waals surface area contributed by atoms with Gasteiger partial charge in [0.2, 0.25) is 0 Å². The van der Waals surface area contributed by atoms with Gasteiger partial charge in [-0.25, -0.2) is 4.98 Å². The first kappa shape index (κ1) is 20.1. The van der Waals surface area contributed by atoms with Gasteiger partial charge in [-0.1, -0.05) is 60.7 Å². The summed E-state index contributed by atoms with van der Waals surface area (Å²) in [5.74, 6) is 0.0244. The van der Waals surface area contributed by atoms with E-state index in [0.717, 1.165) is 33.2 Å². The molecule has 1 amide bonds. The minimum atomic E-state index is 0.0244. The maximum atomic E-state index is 13.3. The topological polar surface area (TPSA) is 38.1 Å². The molecule has 0 aliphatic rings. The van der Waals surface area contributed by atoms with Crippen molar-refractivity contribution < 1.29 is 4.79 Å². The summed E-state index contributed by atoms with van der Waals surface area (Å²) in [6, 6.07) is 22.4. The van der Waals surface area contributed by atoms with Gasteiger partial charge in [0.25, 0.3) is 5.91 Å². The standard InChI is InChI=1S/C25H25N3OS/c1-18-22(25(29)27(3)15-20-10-6-4-7-11-20)14-24(23-17-30-19(2)26-23)28(18)16-21-12-8-5-9-13-21/h4-14,17H,15-16H2,1-3H3. The van der Waals surface area contributed by atoms with E-state index in [0.29, 0.717) is 13.1 Å². The highest BCUT2D eigenvalue weighted by Gasteiger charge is 2.22. The summed E-state index contributed by atoms with van der Waals surface area (Å²) < 4.78 is 2.20. The number of hydrogen-bond acceptors (Lipinski definition) is 3. The molecule has 30 heavy (non-hydrogen) atoms. The summed E-state index contributed by atoms with van der Waals surface area (Å²) in [5, 5.41) is 3.08. The fraction of sp³-hybridized carbons (Fsp3) is 0.200. The van der Waals surface area contributed by atoms with Gasteiger partial charge < -0.3 is 9.47 Å². The van der Waals surface area contributed by atoms with Crippen LogP contribution in [0.3, 0.4) is 0 Å². The van der Waals surface area contributed by atoms with Gasteiger partial charge in [0.15, 0.2) is 0 Å². The largest absolute Gasteiger partial charge is 0.338 e. The third-order valence-corrected chi connectivity index (χ3v) is 6.04. The molecule has 2 aromatic heterocycles. The molecule has 0 saturated carbocycles. The zero-order valence-corrected chi connectivity index (χ0v) is 18.3. The van der Waals surface area contributed by atoms with Crippen LogP contribution in [0.2, 0.25) is 0 Å². The van der Waals surface area contributed by atoms with Crippen LogP contribution in [0.5, 0.6) is 0 Å². The van der Waals surface area contributed by atoms with E-state index in [4.69, 9.17) is 0 Å². The molecule has 0 N–H and O–H groups in total. The highest BCUT2D eigenvalue weighted by molar-refractivity contribution is 7.09. The number of amides is 1. The minimum Gasteiger partial charge on any atom is -0.338 e. The number of benzene rings is 2. The second kappa shape index (κ2) is 8.67. The number of carbonyl (C=O) groups is 1. The molecule has 0 aliphatic carbocycles. The third-order valence-electron chi connectivity index (χ3n) is 5.27. The molecule has 0 bridgehead atoms. The predicted octanol–water partition coefficient (Wildman–Crippen LogP) is 5.55. The highest BCUT2D eigenvalue weighted by Crippen LogP contribution is 2.29. The van der Waals surface area contributed by atoms with Crippen LogP contribution in [-0.4, -0.2) is 27.4 Å². The number of aryl methyl sites for hydroxylation is 1. The Hall–Kier alpha value is -3.18. The van der Waals surface area contributed by atoms with Crippen LogP contribution in [0.1, 0.15) is 32.2 Å². The van der Waals surface area contributed by atoms with E-state index in [1.54, 1.807) is 16.2 Å². The Bertz CT molecular complexity index is 1150. The Labute approximate surface area is 181 Å². The van der Waals surface area contributed by atoms with Gasteiger partial charge in [0, 0.05) is 31.2 Å². The molecular formula is C25H25N3OS. The van der Waals surface area contributed by atoms with Crippen molar-refractivity contribution in [3.63, 3.8) is 0 Å². The molecule has 4 aromatic rings. The van der Waals surface area contributed by atoms with Crippen LogP contribution in [0.4, 0.5) is 0 Å². The van der Waals surface area contributed by atoms with Gasteiger partial charge in [-0.15, -0.1) is 11.3 Å². The monoisotopic (exact) mass is 415 g/mol. The quantitative estimate of drug-likeness (QED) is 0.414. The van der Waals surface area contributed by atoms with Crippen LogP contribution >= 0.6 is 11.3 Å². The Kier molecular flexibility index (Phi) is 5.81. The van der Waals surface area contributed by atoms with Crippen molar-refractivity contribution in [3.8, 4) is 11.4 Å². The fourth-order valence-corrected chi connectivity index (χ4v) is 4.27. The molecule has 152 valence electrons. The zero-order valence-electron chi connectivity index (χ0n) is 17.5. The Balaban J connectivity index is 1.70. The predicted molar refractivity (Wildman–Crippen MR) is 123 cm³/mol. The lowest BCUT2D eigenvalue weighted by atomic mass is 10.1. The summed E-state index contributed by atoms with van der Waals surface area (Å²) in [7, 11) is 1.86. The van der Waals surface area contributed by atoms with E-state index in [9.17, 15) is 4.79 Å². The van der Waals surface area contributed by atoms with Crippen molar-refractivity contribution in [3.05, 3.63) is 99.5 Å². The third kappa shape index (κ3) is 4.21. The van der Waals surface area contributed by atoms with E-state index in [1.165, 1.54) is 5.56 Å². The molecule has 0 atom stereocenters. The van der Waals surface area contributed by atoms with E-state index in [-0.39, 0.29) is 5.91 Å². The van der Waals surface area contributed by atoms with Gasteiger partial charge in [0.1, 0.15) is 0 Å². The molecule has 0 radical (unpaired) electrons. The molecule has 5 heteroatoms. The van der Waals surface area contributed by atoms with Crippen LogP contribution in [0.15, 0.2) is 72.1 Å². The molecule has 0 unspecified atom stereocenters. The lowest BCUT2D eigenvalue weighted by molar-refractivity contribution is 0.0784. The Morgan fingerprint density at radius 2 is 1.63 bits per heavy atom. The molecule has 4 rings (SSSR count). The highest BCUT2D eigenvalue weighted by atomic mass is 32.1. The van der Waals surface area contributed by atoms with Crippen molar-refractivity contribution in [2.45, 2.75) is 26.9 Å². The molecular weight excluding hydrogens is 390 g/mol. The lowest BCUT2D eigenvalue weighted by Gasteiger charge is -2.17. The second-order valence-corrected chi connectivity index (χ2v) is 8.56. The van der Waals surface area contributed by atoms with Crippen LogP contribution in [0, 0.1) is 13.8 Å². The summed E-state index contributed by atoms with van der Waals surface area (Å²) in [6.07, 6.45) is 0. The molecule has 4 nitrogen and oxygen atoms in total. The van der Waals surface area contributed by atoms with E-state index < -0.39 is 0 Å². The summed E-state index contributed by atoms with van der Waals surface area (Å²) in [5.41, 5.74) is 5.90. The van der Waals surface area contributed by atoms with Crippen LogP contribution < -0.4 is 0 Å². The maximum Gasteiger partial charge on any atom is 0.255 e. The van der Waals surface area contributed by atoms with Crippen molar-refractivity contribution in [2.75, 3.05) is 7.05 Å². The van der Waals surface area contributed by atoms with Gasteiger partial charge >= 0.3 is 0 Å². The number of hydrogen-bond donors (Lipinski definition) is 0. The normalized spacial score (nSPS) is 10.9. The molecule has 0 saturated heterocycles. The van der Waals surface area contributed by atoms with Crippen LogP contribution in [0.25, 0.3) is 11.4 Å². The Morgan fingerprint density at radius 1 is 1.00 bits per heavy atom. The van der Waals surface area contributed by atoms with Crippen molar-refractivity contribution >= 4 is 17.2 Å². The SMILES string of the molecule is Cc1nc(-c2cc(C(=O)N(C)Cc3ccccc3)c(C)n2Cc2ccccc2)cs1. The lowest BCUT2D eigenvalue weighted by Crippen LogP contribution is -2.26. The molecule has 0 spiro atoms. The number of carbonyl (C=O) groups excluding carboxylic acids is 1. The van der Waals surface area contributed by atoms with Crippen LogP contribution in [-0.2, 0) is 13.1 Å². The minimum absolute atomic E-state index is 0.0244. The molecule has 0 aliphatic heterocycles. The maximum absolute atomic E-state index is 13.3. The van der Waals surface area contributed by atoms with E-state index >= 15 is 0 Å². The zero-order chi connectivity index (χ0) is 21.1. The second-order valence-electron chi connectivity index (χ2n) is 7.50. The Morgan fingerprint density at radius 3 is 2.23 bits per heavy atom. The van der Waals surface area contributed by atoms with E-state index in [2.05, 4.69) is 27.1 Å². The average molecular weight is 416 g/mol. The van der Waals surface area contributed by atoms with Gasteiger partial charge in [-0.3, -0.25) is 4.79 Å². The first-order chi connectivity index (χ1) is 14.5. The molecule has 0 fully saturated rings. The number of nitrogens with zero attached hydrogens (tertiary/aromatic N) is 3. The smallest absolute Gasteiger partial charge is 0.255 e. The van der Waals surface area contributed by atoms with Gasteiger partial charge in [0.05, 0.1) is 22.0 Å². The van der Waals surface area contributed by atoms with E-state index in [1.807, 2.05) is 75.5 Å².